The topological polar surface area (TPSA) is 81.2 Å². The van der Waals surface area contributed by atoms with Gasteiger partial charge < -0.3 is 99.4 Å². The second-order valence-electron chi connectivity index (χ2n) is 4.90. The van der Waals surface area contributed by atoms with Gasteiger partial charge in [0.05, 0.1) is 0 Å². The standard InChI is InChI=1S/2C6H4N2O2S5.2Co/c2*9-2-1-3(10)8(6(14)15)4(11)7(2)5(12)13;;/h2*1H2,(H,12,13)(H,14,15);;/q;;2*+2/p-4. The molecule has 2 radical (unpaired) electrons. The number of rotatable bonds is 0. The zero-order valence-electron chi connectivity index (χ0n) is 14.6. The Morgan fingerprint density at radius 1 is 0.531 bits per heavy atom. The van der Waals surface area contributed by atoms with E-state index in [1.807, 2.05) is 0 Å². The molecule has 2 fully saturated rings. The van der Waals surface area contributed by atoms with Crippen LogP contribution in [0.15, 0.2) is 0 Å². The molecule has 4 amide bonds. The maximum atomic E-state index is 11.4. The van der Waals surface area contributed by atoms with Gasteiger partial charge in [0.25, 0.3) is 0 Å². The Morgan fingerprint density at radius 3 is 0.812 bits per heavy atom. The first-order valence-electron chi connectivity index (χ1n) is 6.96. The fourth-order valence-corrected chi connectivity index (χ4v) is 4.66. The average Bonchev–Trinajstić information content (AvgIpc) is 2.52. The van der Waals surface area contributed by atoms with E-state index in [0.717, 1.165) is 19.6 Å². The summed E-state index contributed by atoms with van der Waals surface area (Å²) in [6, 6.07) is 0. The summed E-state index contributed by atoms with van der Waals surface area (Å²) in [4.78, 5) is 49.1. The van der Waals surface area contributed by atoms with Crippen molar-refractivity contribution in [1.82, 2.24) is 19.6 Å². The van der Waals surface area contributed by atoms with E-state index >= 15 is 0 Å². The van der Waals surface area contributed by atoms with Crippen molar-refractivity contribution in [2.75, 3.05) is 0 Å². The molecule has 174 valence electrons. The molecule has 0 aromatic rings. The van der Waals surface area contributed by atoms with Crippen LogP contribution in [0.4, 0.5) is 0 Å². The summed E-state index contributed by atoms with van der Waals surface area (Å²) >= 11 is 47.0. The molecule has 0 spiro atoms. The fraction of sp³-hybridized carbons (Fsp3) is 0.167. The van der Waals surface area contributed by atoms with E-state index in [1.54, 1.807) is 0 Å². The number of amides is 4. The van der Waals surface area contributed by atoms with Gasteiger partial charge in [-0.2, -0.15) is 0 Å². The Bertz CT molecular complexity index is 803. The van der Waals surface area contributed by atoms with Crippen LogP contribution in [0.25, 0.3) is 0 Å². The van der Waals surface area contributed by atoms with Crippen molar-refractivity contribution in [2.45, 2.75) is 12.8 Å². The first-order chi connectivity index (χ1) is 13.7. The molecular weight excluding hydrogens is 703 g/mol. The third-order valence-electron chi connectivity index (χ3n) is 3.10. The molecule has 2 saturated heterocycles. The summed E-state index contributed by atoms with van der Waals surface area (Å²) < 4.78 is -0.579. The molecule has 2 rings (SSSR count). The van der Waals surface area contributed by atoms with Crippen LogP contribution in [0.2, 0.25) is 0 Å². The predicted molar refractivity (Wildman–Crippen MR) is 142 cm³/mol. The molecule has 0 N–H and O–H groups in total. The molecule has 0 bridgehead atoms. The summed E-state index contributed by atoms with van der Waals surface area (Å²) in [7, 11) is 0. The van der Waals surface area contributed by atoms with Crippen molar-refractivity contribution in [3.63, 3.8) is 0 Å². The Morgan fingerprint density at radius 2 is 0.688 bits per heavy atom. The van der Waals surface area contributed by atoms with Gasteiger partial charge in [-0.3, -0.25) is 38.8 Å². The van der Waals surface area contributed by atoms with E-state index in [-0.39, 0.29) is 73.9 Å². The van der Waals surface area contributed by atoms with Crippen LogP contribution in [-0.4, -0.2) is 70.7 Å². The molecule has 8 nitrogen and oxygen atoms in total. The summed E-state index contributed by atoms with van der Waals surface area (Å²) in [5.41, 5.74) is 0. The molecule has 2 heterocycles. The van der Waals surface area contributed by atoms with Crippen LogP contribution in [-0.2, 0) is 103 Å². The molecule has 2 aliphatic rings. The van der Waals surface area contributed by atoms with Crippen molar-refractivity contribution in [2.24, 2.45) is 0 Å². The number of thiocarbonyl (C=S) groups is 6. The number of hydrogen-bond acceptors (Lipinski definition) is 14. The average molecular weight is 707 g/mol. The smallest absolute Gasteiger partial charge is 0.410 e. The minimum absolute atomic E-state index is 0. The molecular formula is C12H4Co2N4O4S10. The molecule has 0 unspecified atom stereocenters. The normalized spacial score (nSPS) is 15.9. The number of carbonyl (C=O) groups excluding carboxylic acids is 4. The second-order valence-corrected chi connectivity index (χ2v) is 9.76. The van der Waals surface area contributed by atoms with Crippen molar-refractivity contribution in [3.05, 3.63) is 0 Å². The van der Waals surface area contributed by atoms with Crippen LogP contribution in [0.1, 0.15) is 12.8 Å². The molecule has 20 heteroatoms. The van der Waals surface area contributed by atoms with Crippen LogP contribution >= 0.6 is 73.3 Å². The maximum absolute atomic E-state index is 11.4. The van der Waals surface area contributed by atoms with E-state index in [4.69, 9.17) is 24.4 Å². The summed E-state index contributed by atoms with van der Waals surface area (Å²) in [6.07, 6.45) is -0.763. The van der Waals surface area contributed by atoms with E-state index < -0.39 is 23.6 Å². The van der Waals surface area contributed by atoms with Crippen LogP contribution in [0.5, 0.6) is 0 Å². The van der Waals surface area contributed by atoms with Crippen molar-refractivity contribution in [1.29, 1.82) is 0 Å². The van der Waals surface area contributed by atoms with Crippen molar-refractivity contribution >= 4 is 175 Å². The second kappa shape index (κ2) is 14.7. The minimum atomic E-state index is -0.549. The number of carbonyl (C=O) groups is 4. The molecule has 32 heavy (non-hydrogen) atoms. The third-order valence-corrected chi connectivity index (χ3v) is 5.29. The number of nitrogens with zero attached hydrogens (tertiary/aromatic N) is 4. The summed E-state index contributed by atoms with van der Waals surface area (Å²) in [6.45, 7) is 0. The van der Waals surface area contributed by atoms with E-state index in [9.17, 15) is 19.2 Å². The molecule has 0 atom stereocenters. The maximum Gasteiger partial charge on any atom is 2.00 e. The van der Waals surface area contributed by atoms with E-state index in [1.165, 1.54) is 0 Å². The predicted octanol–water partition coefficient (Wildman–Crippen LogP) is -0.0134. The van der Waals surface area contributed by atoms with Gasteiger partial charge in [0, 0.05) is 0 Å². The molecule has 0 aliphatic carbocycles. The fourth-order valence-electron chi connectivity index (χ4n) is 1.92. The van der Waals surface area contributed by atoms with Crippen LogP contribution < -0.4 is 0 Å². The third kappa shape index (κ3) is 8.21. The largest absolute Gasteiger partial charge is 2.00 e. The quantitative estimate of drug-likeness (QED) is 0.193. The van der Waals surface area contributed by atoms with Gasteiger partial charge >= 0.3 is 33.6 Å². The Hall–Kier alpha value is 0.313. The molecule has 0 aromatic carbocycles. The van der Waals surface area contributed by atoms with Crippen LogP contribution in [0, 0.1) is 0 Å². The van der Waals surface area contributed by atoms with Crippen LogP contribution in [0.3, 0.4) is 0 Å². The van der Waals surface area contributed by atoms with Gasteiger partial charge in [0.2, 0.25) is 23.6 Å². The minimum Gasteiger partial charge on any atom is -0.410 e. The van der Waals surface area contributed by atoms with E-state index in [0.29, 0.717) is 0 Å². The first-order valence-corrected chi connectivity index (χ1v) is 11.0. The molecule has 2 aliphatic heterocycles. The molecule has 0 aromatic heterocycles. The SMILES string of the molecule is O=C1CC(=O)N(C(=S)[S-])C(=S)N1C(=S)[S-].O=C1CC(=O)N(C(=S)[S-])C(=S)N1C(=S)[S-].[Co+2].[Co+2]. The van der Waals surface area contributed by atoms with Gasteiger partial charge in [-0.15, -0.1) is 0 Å². The van der Waals surface area contributed by atoms with Gasteiger partial charge in [0.1, 0.15) is 12.8 Å². The monoisotopic (exact) mass is 706 g/mol. The van der Waals surface area contributed by atoms with Gasteiger partial charge in [-0.1, -0.05) is 0 Å². The van der Waals surface area contributed by atoms with Crippen molar-refractivity contribution in [3.8, 4) is 0 Å². The number of hydrogen-bond donors (Lipinski definition) is 0. The van der Waals surface area contributed by atoms with Gasteiger partial charge in [0.15, 0.2) is 10.2 Å². The zero-order chi connectivity index (χ0) is 23.5. The Kier molecular flexibility index (Phi) is 15.8. The van der Waals surface area contributed by atoms with Crippen molar-refractivity contribution < 1.29 is 52.7 Å². The summed E-state index contributed by atoms with van der Waals surface area (Å²) in [5.74, 6) is -2.19. The van der Waals surface area contributed by atoms with Gasteiger partial charge in [-0.05, 0) is 41.7 Å². The van der Waals surface area contributed by atoms with E-state index in [2.05, 4.69) is 99.4 Å². The summed E-state index contributed by atoms with van der Waals surface area (Å²) in [5, 5.41) is -0.312. The van der Waals surface area contributed by atoms with Gasteiger partial charge in [-0.25, -0.2) is 0 Å². The molecule has 0 saturated carbocycles. The Labute approximate surface area is 257 Å². The first kappa shape index (κ1) is 34.5. The Balaban J connectivity index is 0. The zero-order valence-corrected chi connectivity index (χ0v) is 24.8.